The molecule has 0 fully saturated rings. The van der Waals surface area contributed by atoms with Crippen LogP contribution in [0.1, 0.15) is 73.4 Å². The average molecular weight is 512 g/mol. The van der Waals surface area contributed by atoms with Gasteiger partial charge in [0, 0.05) is 0 Å². The molecule has 0 unspecified atom stereocenters. The first-order valence-corrected chi connectivity index (χ1v) is 12.6. The normalized spacial score (nSPS) is 11.2. The van der Waals surface area contributed by atoms with E-state index in [-0.39, 0.29) is 6.61 Å². The molecular weight excluding hydrogens is 471 g/mol. The fourth-order valence-corrected chi connectivity index (χ4v) is 0.693. The van der Waals surface area contributed by atoms with Crippen LogP contribution in [0.5, 0.6) is 0 Å². The summed E-state index contributed by atoms with van der Waals surface area (Å²) in [6.07, 6.45) is 0. The van der Waals surface area contributed by atoms with Gasteiger partial charge in [-0.1, -0.05) is 29.8 Å². The Kier molecular flexibility index (Phi) is 20.4. The predicted octanol–water partition coefficient (Wildman–Crippen LogP) is 5.50. The van der Waals surface area contributed by atoms with E-state index < -0.39 is 39.5 Å². The molecule has 0 amide bonds. The average Bonchev–Trinajstić information content (AvgIpc) is 2.31. The third-order valence-electron chi connectivity index (χ3n) is 1.30. The molecule has 4 nitrogen and oxygen atoms in total. The zero-order valence-corrected chi connectivity index (χ0v) is 21.8. The second-order valence-electron chi connectivity index (χ2n) is 9.08. The fraction of sp³-hybridized carbons (Fsp3) is 0.700. The third-order valence-corrected chi connectivity index (χ3v) is 1.30. The zero-order valence-electron chi connectivity index (χ0n) is 19.3. The quantitative estimate of drug-likeness (QED) is 0.376. The van der Waals surface area contributed by atoms with Crippen molar-refractivity contribution in [3.63, 3.8) is 0 Å². The predicted molar refractivity (Wildman–Crippen MR) is 107 cm³/mol. The minimum atomic E-state index is -7.18. The number of rotatable bonds is 1. The van der Waals surface area contributed by atoms with Gasteiger partial charge in [0.15, 0.2) is 0 Å². The Labute approximate surface area is 181 Å². The summed E-state index contributed by atoms with van der Waals surface area (Å²) < 4.78 is 39.6. The summed E-state index contributed by atoms with van der Waals surface area (Å²) in [5.74, 6) is 0. The van der Waals surface area contributed by atoms with E-state index >= 15 is 0 Å². The Balaban J connectivity index is -0.000000140. The van der Waals surface area contributed by atoms with E-state index in [1.54, 1.807) is 62.3 Å². The van der Waals surface area contributed by atoms with Gasteiger partial charge < -0.3 is 20.4 Å². The Morgan fingerprint density at radius 1 is 0.655 bits per heavy atom. The molecule has 0 aliphatic carbocycles. The van der Waals surface area contributed by atoms with Crippen molar-refractivity contribution in [1.82, 2.24) is 0 Å². The molecule has 0 saturated heterocycles. The summed E-state index contributed by atoms with van der Waals surface area (Å²) in [5.41, 5.74) is 0.702. The molecule has 0 atom stereocenters. The molecule has 176 valence electrons. The summed E-state index contributed by atoms with van der Waals surface area (Å²) >= 11 is -7.18. The summed E-state index contributed by atoms with van der Waals surface area (Å²) in [6.45, 7) is 17.9. The van der Waals surface area contributed by atoms with Crippen LogP contribution in [-0.4, -0.2) is 37.2 Å². The van der Waals surface area contributed by atoms with Crippen molar-refractivity contribution in [2.75, 3.05) is 0 Å². The van der Waals surface area contributed by atoms with Gasteiger partial charge in [-0.05, 0) is 74.8 Å². The van der Waals surface area contributed by atoms with E-state index in [0.29, 0.717) is 0 Å². The maximum absolute atomic E-state index is 9.90. The van der Waals surface area contributed by atoms with Gasteiger partial charge in [-0.15, -0.1) is 0 Å². The molecule has 0 spiro atoms. The fourth-order valence-electron chi connectivity index (χ4n) is 0.693. The van der Waals surface area contributed by atoms with Gasteiger partial charge in [-0.2, -0.15) is 0 Å². The van der Waals surface area contributed by atoms with Crippen LogP contribution < -0.4 is 0 Å². The van der Waals surface area contributed by atoms with E-state index in [0.717, 1.165) is 5.56 Å². The number of aliphatic hydroxyl groups is 4. The van der Waals surface area contributed by atoms with Crippen molar-refractivity contribution in [3.8, 4) is 0 Å². The van der Waals surface area contributed by atoms with Crippen molar-refractivity contribution in [1.29, 1.82) is 0 Å². The van der Waals surface area contributed by atoms with Crippen molar-refractivity contribution >= 4 is 0 Å². The van der Waals surface area contributed by atoms with Crippen LogP contribution in [0.25, 0.3) is 0 Å². The minimum absolute atomic E-state index is 0.139. The Bertz CT molecular complexity index is 414. The van der Waals surface area contributed by atoms with Crippen LogP contribution >= 0.6 is 0 Å². The standard InChI is InChI=1S/C8H10O.3C4H10O.4FH.Zr/c1-7-2-4-8(6-9)5-3-7;3*1-4(2,3)5;;;;;/h2-5,9H,6H2,1H3;3*5H,1-3H3;4*1H;/q;;;;;;;;+4/p-4. The van der Waals surface area contributed by atoms with Gasteiger partial charge in [-0.25, -0.2) is 0 Å². The van der Waals surface area contributed by atoms with Crippen LogP contribution in [0.15, 0.2) is 24.3 Å². The van der Waals surface area contributed by atoms with E-state index in [9.17, 15) is 10.5 Å². The van der Waals surface area contributed by atoms with Crippen LogP contribution in [0.3, 0.4) is 0 Å². The number of halogens is 4. The molecule has 1 rings (SSSR count). The van der Waals surface area contributed by atoms with Crippen molar-refractivity contribution < 1.29 is 53.6 Å². The monoisotopic (exact) mass is 510 g/mol. The molecule has 29 heavy (non-hydrogen) atoms. The van der Waals surface area contributed by atoms with Gasteiger partial charge in [0.05, 0.1) is 23.4 Å². The second-order valence-corrected chi connectivity index (χ2v) is 11.2. The number of benzene rings is 1. The second kappa shape index (κ2) is 16.4. The summed E-state index contributed by atoms with van der Waals surface area (Å²) in [5, 5.41) is 34.2. The number of aryl methyl sites for hydroxylation is 1. The molecule has 1 aromatic carbocycles. The molecule has 0 heterocycles. The van der Waals surface area contributed by atoms with Gasteiger partial charge in [0.25, 0.3) is 0 Å². The Morgan fingerprint density at radius 3 is 0.966 bits per heavy atom. The first kappa shape index (κ1) is 36.1. The van der Waals surface area contributed by atoms with Crippen molar-refractivity contribution in [3.05, 3.63) is 35.4 Å². The molecule has 0 aliphatic rings. The van der Waals surface area contributed by atoms with Crippen LogP contribution in [0, 0.1) is 6.92 Å². The summed E-state index contributed by atoms with van der Waals surface area (Å²) in [7, 11) is 0. The van der Waals surface area contributed by atoms with Gasteiger partial charge in [0.1, 0.15) is 0 Å². The molecule has 0 aromatic heterocycles. The van der Waals surface area contributed by atoms with Gasteiger partial charge in [-0.3, -0.25) is 0 Å². The van der Waals surface area contributed by atoms with E-state index in [1.165, 1.54) is 5.56 Å². The molecule has 9 heteroatoms. The number of aliphatic hydroxyl groups excluding tert-OH is 1. The molecule has 0 saturated carbocycles. The first-order chi connectivity index (χ1) is 12.3. The first-order valence-electron chi connectivity index (χ1n) is 8.92. The SMILES string of the molecule is CC(C)(C)O.CC(C)(C)O.CC(C)(C)O.Cc1ccc(CO)cc1.[F][Zr]([F])([F])[F]. The van der Waals surface area contributed by atoms with Gasteiger partial charge in [0.2, 0.25) is 0 Å². The number of hydrogen-bond donors (Lipinski definition) is 4. The molecular formula is C20H40F4O4Zr. The van der Waals surface area contributed by atoms with Crippen LogP contribution in [0.4, 0.5) is 10.5 Å². The molecule has 1 aromatic rings. The summed E-state index contributed by atoms with van der Waals surface area (Å²) in [6, 6.07) is 7.84. The van der Waals surface area contributed by atoms with Crippen LogP contribution in [-0.2, 0) is 29.3 Å². The Morgan fingerprint density at radius 2 is 0.828 bits per heavy atom. The van der Waals surface area contributed by atoms with Gasteiger partial charge >= 0.3 is 33.2 Å². The topological polar surface area (TPSA) is 80.9 Å². The molecule has 4 N–H and O–H groups in total. The molecule has 0 radical (unpaired) electrons. The van der Waals surface area contributed by atoms with E-state index in [4.69, 9.17) is 20.4 Å². The number of hydrogen-bond acceptors (Lipinski definition) is 4. The molecule has 0 aliphatic heterocycles. The van der Waals surface area contributed by atoms with Crippen molar-refractivity contribution in [2.24, 2.45) is 0 Å². The zero-order chi connectivity index (χ0) is 24.7. The maximum atomic E-state index is 9.90. The Hall–Kier alpha value is -0.337. The molecule has 0 bridgehead atoms. The van der Waals surface area contributed by atoms with E-state index in [2.05, 4.69) is 0 Å². The third kappa shape index (κ3) is 134. The van der Waals surface area contributed by atoms with Crippen molar-refractivity contribution in [2.45, 2.75) is 92.6 Å². The van der Waals surface area contributed by atoms with Crippen LogP contribution in [0.2, 0.25) is 0 Å². The summed E-state index contributed by atoms with van der Waals surface area (Å²) in [4.78, 5) is 0. The van der Waals surface area contributed by atoms with E-state index in [1.807, 2.05) is 31.2 Å².